The number of anilines is 3. The molecule has 1 aliphatic rings. The number of halogens is 2. The number of hydrogen-bond acceptors (Lipinski definition) is 5. The molecule has 3 N–H and O–H groups in total. The second-order valence-corrected chi connectivity index (χ2v) is 10.1. The lowest BCUT2D eigenvalue weighted by molar-refractivity contribution is 0.101. The lowest BCUT2D eigenvalue weighted by atomic mass is 10.00. The van der Waals surface area contributed by atoms with Crippen LogP contribution in [0, 0.1) is 0 Å². The Balaban J connectivity index is 1.53. The van der Waals surface area contributed by atoms with E-state index in [-0.39, 0.29) is 5.78 Å². The van der Waals surface area contributed by atoms with Crippen LogP contribution >= 0.6 is 23.2 Å². The third-order valence-corrected chi connectivity index (χ3v) is 7.40. The van der Waals surface area contributed by atoms with Gasteiger partial charge in [0.2, 0.25) is 0 Å². The summed E-state index contributed by atoms with van der Waals surface area (Å²) in [4.78, 5) is 19.6. The van der Waals surface area contributed by atoms with Gasteiger partial charge in [0.05, 0.1) is 32.5 Å². The van der Waals surface area contributed by atoms with Crippen molar-refractivity contribution in [1.29, 1.82) is 0 Å². The van der Waals surface area contributed by atoms with E-state index < -0.39 is 0 Å². The Bertz CT molecular complexity index is 1420. The van der Waals surface area contributed by atoms with E-state index in [1.54, 1.807) is 25.3 Å². The quantitative estimate of drug-likeness (QED) is 0.197. The number of fused-ring (bicyclic) bond motifs is 1. The van der Waals surface area contributed by atoms with E-state index in [0.717, 1.165) is 46.4 Å². The van der Waals surface area contributed by atoms with E-state index in [1.165, 1.54) is 31.5 Å². The van der Waals surface area contributed by atoms with Gasteiger partial charge >= 0.3 is 0 Å². The van der Waals surface area contributed by atoms with Crippen LogP contribution in [0.1, 0.15) is 35.7 Å². The van der Waals surface area contributed by atoms with Crippen molar-refractivity contribution >= 4 is 57.0 Å². The fraction of sp³-hybridized carbons (Fsp3) is 0.241. The topological polar surface area (TPSA) is 71.2 Å². The number of carbonyl (C=O) groups is 1. The average molecular weight is 519 g/mol. The van der Waals surface area contributed by atoms with E-state index in [0.29, 0.717) is 21.3 Å². The number of likely N-dealkylation sites (tertiary alicyclic amines) is 1. The molecule has 0 aliphatic carbocycles. The van der Waals surface area contributed by atoms with Crippen molar-refractivity contribution < 1.29 is 4.79 Å². The zero-order chi connectivity index (χ0) is 25.2. The molecule has 7 heteroatoms. The second kappa shape index (κ2) is 10.5. The summed E-state index contributed by atoms with van der Waals surface area (Å²) in [6.07, 6.45) is 5.22. The molecule has 3 aromatic carbocycles. The van der Waals surface area contributed by atoms with Gasteiger partial charge in [-0.2, -0.15) is 0 Å². The van der Waals surface area contributed by atoms with Crippen molar-refractivity contribution in [3.05, 3.63) is 82.0 Å². The van der Waals surface area contributed by atoms with Gasteiger partial charge in [-0.15, -0.1) is 0 Å². The van der Waals surface area contributed by atoms with Crippen LogP contribution in [-0.2, 0) is 6.42 Å². The van der Waals surface area contributed by atoms with Gasteiger partial charge in [0.25, 0.3) is 0 Å². The number of aromatic nitrogens is 1. The zero-order valence-corrected chi connectivity index (χ0v) is 21.7. The monoisotopic (exact) mass is 518 g/mol. The van der Waals surface area contributed by atoms with Gasteiger partial charge in [0.15, 0.2) is 5.78 Å². The van der Waals surface area contributed by atoms with Gasteiger partial charge in [-0.1, -0.05) is 41.4 Å². The van der Waals surface area contributed by atoms with Crippen LogP contribution in [0.15, 0.2) is 60.8 Å². The van der Waals surface area contributed by atoms with E-state index >= 15 is 0 Å². The molecule has 5 rings (SSSR count). The highest BCUT2D eigenvalue weighted by Gasteiger charge is 2.16. The number of rotatable bonds is 7. The van der Waals surface area contributed by atoms with Crippen LogP contribution in [0.5, 0.6) is 0 Å². The van der Waals surface area contributed by atoms with Gasteiger partial charge in [0.1, 0.15) is 0 Å². The number of carbonyl (C=O) groups excluding carboxylic acids is 1. The third-order valence-electron chi connectivity index (χ3n) is 6.77. The first kappa shape index (κ1) is 24.6. The molecule has 0 bridgehead atoms. The molecule has 5 nitrogen and oxygen atoms in total. The molecule has 184 valence electrons. The minimum Gasteiger partial charge on any atom is -0.396 e. The highest BCUT2D eigenvalue weighted by Crippen LogP contribution is 2.37. The number of ketones is 1. The van der Waals surface area contributed by atoms with Crippen molar-refractivity contribution in [3.63, 3.8) is 0 Å². The summed E-state index contributed by atoms with van der Waals surface area (Å²) >= 11 is 12.6. The Labute approximate surface area is 221 Å². The summed E-state index contributed by atoms with van der Waals surface area (Å²) < 4.78 is 0. The Morgan fingerprint density at radius 1 is 1.03 bits per heavy atom. The maximum Gasteiger partial charge on any atom is 0.163 e. The number of nitrogen functional groups attached to an aromatic ring is 1. The van der Waals surface area contributed by atoms with E-state index in [2.05, 4.69) is 33.4 Å². The number of pyridine rings is 1. The molecule has 0 unspecified atom stereocenters. The predicted molar refractivity (Wildman–Crippen MR) is 151 cm³/mol. The van der Waals surface area contributed by atoms with Gasteiger partial charge in [0, 0.05) is 23.8 Å². The fourth-order valence-electron chi connectivity index (χ4n) is 4.77. The number of nitrogens with one attached hydrogen (secondary N) is 1. The number of nitrogens with zero attached hydrogens (tertiary/aromatic N) is 2. The summed E-state index contributed by atoms with van der Waals surface area (Å²) in [7, 11) is 0. The van der Waals surface area contributed by atoms with Gasteiger partial charge in [-0.25, -0.2) is 0 Å². The molecule has 0 atom stereocenters. The van der Waals surface area contributed by atoms with E-state index in [4.69, 9.17) is 28.9 Å². The van der Waals surface area contributed by atoms with Crippen LogP contribution in [-0.4, -0.2) is 35.3 Å². The van der Waals surface area contributed by atoms with Crippen LogP contribution in [0.25, 0.3) is 22.0 Å². The zero-order valence-electron chi connectivity index (χ0n) is 20.2. The Morgan fingerprint density at radius 2 is 1.78 bits per heavy atom. The second-order valence-electron chi connectivity index (χ2n) is 9.31. The molecule has 0 amide bonds. The van der Waals surface area contributed by atoms with Crippen molar-refractivity contribution in [2.45, 2.75) is 26.2 Å². The molecule has 4 aromatic rings. The van der Waals surface area contributed by atoms with E-state index in [9.17, 15) is 4.79 Å². The first-order valence-corrected chi connectivity index (χ1v) is 12.9. The van der Waals surface area contributed by atoms with Gasteiger partial charge in [-0.3, -0.25) is 9.78 Å². The Kier molecular flexibility index (Phi) is 7.15. The van der Waals surface area contributed by atoms with Crippen molar-refractivity contribution in [1.82, 2.24) is 9.88 Å². The molecular weight excluding hydrogens is 491 g/mol. The molecule has 0 radical (unpaired) electrons. The van der Waals surface area contributed by atoms with E-state index in [1.807, 2.05) is 24.3 Å². The lowest BCUT2D eigenvalue weighted by Crippen LogP contribution is -2.21. The number of hydrogen-bond donors (Lipinski definition) is 2. The van der Waals surface area contributed by atoms with Crippen LogP contribution in [0.2, 0.25) is 10.0 Å². The maximum atomic E-state index is 12.6. The molecule has 1 fully saturated rings. The smallest absolute Gasteiger partial charge is 0.163 e. The number of Topliss-reactive ketones (excluding diaryl/α,β-unsaturated/α-hetero) is 1. The summed E-state index contributed by atoms with van der Waals surface area (Å²) in [6, 6.07) is 17.9. The van der Waals surface area contributed by atoms with Gasteiger partial charge in [-0.05, 0) is 92.4 Å². The minimum atomic E-state index is -0.0546. The third kappa shape index (κ3) is 5.19. The van der Waals surface area contributed by atoms with Crippen molar-refractivity contribution in [2.24, 2.45) is 0 Å². The van der Waals surface area contributed by atoms with Crippen molar-refractivity contribution in [2.75, 3.05) is 30.7 Å². The normalized spacial score (nSPS) is 13.9. The van der Waals surface area contributed by atoms with Gasteiger partial charge < -0.3 is 16.0 Å². The van der Waals surface area contributed by atoms with Crippen LogP contribution in [0.3, 0.4) is 0 Å². The molecule has 2 heterocycles. The largest absolute Gasteiger partial charge is 0.396 e. The van der Waals surface area contributed by atoms with Crippen LogP contribution in [0.4, 0.5) is 17.1 Å². The molecule has 1 aromatic heterocycles. The average Bonchev–Trinajstić information content (AvgIpc) is 3.39. The van der Waals surface area contributed by atoms with Crippen LogP contribution < -0.4 is 11.1 Å². The summed E-state index contributed by atoms with van der Waals surface area (Å²) in [5.74, 6) is -0.0546. The number of nitrogens with two attached hydrogens (primary N) is 1. The van der Waals surface area contributed by atoms with Crippen molar-refractivity contribution in [3.8, 4) is 11.1 Å². The maximum absolute atomic E-state index is 12.6. The molecule has 0 spiro atoms. The standard InChI is InChI=1S/C29H28Cl2N4O/c1-18(36)24-17-33-27-8-7-20(21-15-25(30)28(32)26(31)16-21)14-23(27)29(24)34-22-6-4-5-19(13-22)9-12-35-10-2-3-11-35/h4-8,13-17H,2-3,9-12,32H2,1H3,(H,33,34). The molecule has 1 saturated heterocycles. The lowest BCUT2D eigenvalue weighted by Gasteiger charge is -2.17. The Morgan fingerprint density at radius 3 is 2.50 bits per heavy atom. The molecule has 0 saturated carbocycles. The number of benzene rings is 3. The molecule has 1 aliphatic heterocycles. The predicted octanol–water partition coefficient (Wildman–Crippen LogP) is 7.38. The molecular formula is C29H28Cl2N4O. The first-order valence-electron chi connectivity index (χ1n) is 12.2. The summed E-state index contributed by atoms with van der Waals surface area (Å²) in [5.41, 5.74) is 12.3. The fourth-order valence-corrected chi connectivity index (χ4v) is 5.25. The first-order chi connectivity index (χ1) is 17.4. The SMILES string of the molecule is CC(=O)c1cnc2ccc(-c3cc(Cl)c(N)c(Cl)c3)cc2c1Nc1cccc(CCN2CCCC2)c1. The highest BCUT2D eigenvalue weighted by molar-refractivity contribution is 6.39. The Hall–Kier alpha value is -3.12. The minimum absolute atomic E-state index is 0.0546. The summed E-state index contributed by atoms with van der Waals surface area (Å²) in [6.45, 7) is 5.01. The molecule has 36 heavy (non-hydrogen) atoms. The summed E-state index contributed by atoms with van der Waals surface area (Å²) in [5, 5.41) is 5.17. The highest BCUT2D eigenvalue weighted by atomic mass is 35.5.